The molecule has 0 spiro atoms. The highest BCUT2D eigenvalue weighted by Gasteiger charge is 2.30. The minimum Gasteiger partial charge on any atom is -0.478 e. The first-order chi connectivity index (χ1) is 9.32. The van der Waals surface area contributed by atoms with Crippen LogP contribution in [0.15, 0.2) is 23.1 Å². The number of anilines is 1. The number of rotatable bonds is 5. The van der Waals surface area contributed by atoms with Crippen LogP contribution in [0.3, 0.4) is 0 Å². The van der Waals surface area contributed by atoms with Gasteiger partial charge >= 0.3 is 5.97 Å². The molecule has 0 saturated heterocycles. The van der Waals surface area contributed by atoms with Gasteiger partial charge in [0.2, 0.25) is 10.0 Å². The van der Waals surface area contributed by atoms with Gasteiger partial charge in [-0.15, -0.1) is 0 Å². The summed E-state index contributed by atoms with van der Waals surface area (Å²) in [4.78, 5) is 10.9. The monoisotopic (exact) mass is 298 g/mol. The van der Waals surface area contributed by atoms with Gasteiger partial charge in [0, 0.05) is 19.3 Å². The normalized spacial score (nSPS) is 16.1. The molecule has 0 amide bonds. The van der Waals surface area contributed by atoms with Crippen molar-refractivity contribution >= 4 is 21.7 Å². The molecule has 110 valence electrons. The first-order valence-corrected chi connectivity index (χ1v) is 7.85. The molecule has 0 aliphatic heterocycles. The van der Waals surface area contributed by atoms with E-state index in [0.29, 0.717) is 12.5 Å². The Morgan fingerprint density at radius 3 is 2.60 bits per heavy atom. The minimum absolute atomic E-state index is 0.227. The van der Waals surface area contributed by atoms with Gasteiger partial charge in [-0.1, -0.05) is 6.42 Å². The largest absolute Gasteiger partial charge is 0.478 e. The van der Waals surface area contributed by atoms with Crippen molar-refractivity contribution in [2.45, 2.75) is 24.2 Å². The van der Waals surface area contributed by atoms with Gasteiger partial charge in [0.1, 0.15) is 0 Å². The maximum absolute atomic E-state index is 12.5. The van der Waals surface area contributed by atoms with E-state index < -0.39 is 16.0 Å². The fourth-order valence-corrected chi connectivity index (χ4v) is 3.70. The standard InChI is InChI=1S/C13H18N2O4S/c1-15(8-9-3-2-4-9)20(18,19)12-7-10(14)5-6-11(12)13(16)17/h5-7,9H,2-4,8,14H2,1H3,(H,16,17). The summed E-state index contributed by atoms with van der Waals surface area (Å²) in [5, 5.41) is 9.12. The molecule has 0 atom stereocenters. The van der Waals surface area contributed by atoms with Crippen LogP contribution >= 0.6 is 0 Å². The molecule has 0 unspecified atom stereocenters. The summed E-state index contributed by atoms with van der Waals surface area (Å²) in [5.74, 6) is -0.912. The highest BCUT2D eigenvalue weighted by Crippen LogP contribution is 2.29. The fourth-order valence-electron chi connectivity index (χ4n) is 2.23. The molecule has 0 radical (unpaired) electrons. The smallest absolute Gasteiger partial charge is 0.337 e. The molecule has 1 aromatic carbocycles. The molecule has 1 aliphatic rings. The van der Waals surface area contributed by atoms with Gasteiger partial charge in [0.15, 0.2) is 0 Å². The summed E-state index contributed by atoms with van der Waals surface area (Å²) in [6.07, 6.45) is 3.16. The van der Waals surface area contributed by atoms with E-state index in [9.17, 15) is 13.2 Å². The lowest BCUT2D eigenvalue weighted by Gasteiger charge is -2.29. The first kappa shape index (κ1) is 14.8. The van der Waals surface area contributed by atoms with Gasteiger partial charge in [-0.3, -0.25) is 0 Å². The molecule has 0 aromatic heterocycles. The first-order valence-electron chi connectivity index (χ1n) is 6.41. The van der Waals surface area contributed by atoms with E-state index in [0.717, 1.165) is 19.3 Å². The Hall–Kier alpha value is -1.60. The zero-order valence-electron chi connectivity index (χ0n) is 11.2. The maximum Gasteiger partial charge on any atom is 0.337 e. The van der Waals surface area contributed by atoms with Crippen molar-refractivity contribution in [1.29, 1.82) is 0 Å². The predicted octanol–water partition coefficient (Wildman–Crippen LogP) is 1.39. The summed E-state index contributed by atoms with van der Waals surface area (Å²) in [7, 11) is -2.36. The Morgan fingerprint density at radius 2 is 2.10 bits per heavy atom. The van der Waals surface area contributed by atoms with E-state index in [1.807, 2.05) is 0 Å². The summed E-state index contributed by atoms with van der Waals surface area (Å²) in [6.45, 7) is 0.413. The van der Waals surface area contributed by atoms with Crippen molar-refractivity contribution < 1.29 is 18.3 Å². The van der Waals surface area contributed by atoms with Crippen molar-refractivity contribution in [2.75, 3.05) is 19.3 Å². The molecule has 1 saturated carbocycles. The van der Waals surface area contributed by atoms with Crippen molar-refractivity contribution in [1.82, 2.24) is 4.31 Å². The summed E-state index contributed by atoms with van der Waals surface area (Å²) >= 11 is 0. The predicted molar refractivity (Wildman–Crippen MR) is 75.0 cm³/mol. The summed E-state index contributed by atoms with van der Waals surface area (Å²) in [6, 6.07) is 3.81. The molecule has 3 N–H and O–H groups in total. The highest BCUT2D eigenvalue weighted by molar-refractivity contribution is 7.89. The number of hydrogen-bond donors (Lipinski definition) is 2. The Kier molecular flexibility index (Phi) is 4.01. The van der Waals surface area contributed by atoms with Crippen LogP contribution in [0.5, 0.6) is 0 Å². The van der Waals surface area contributed by atoms with E-state index in [-0.39, 0.29) is 16.1 Å². The number of sulfonamides is 1. The number of hydrogen-bond acceptors (Lipinski definition) is 4. The van der Waals surface area contributed by atoms with E-state index in [1.165, 1.54) is 29.6 Å². The fraction of sp³-hybridized carbons (Fsp3) is 0.462. The molecule has 2 rings (SSSR count). The van der Waals surface area contributed by atoms with E-state index in [2.05, 4.69) is 0 Å². The van der Waals surface area contributed by atoms with Gasteiger partial charge in [0.25, 0.3) is 0 Å². The topological polar surface area (TPSA) is 101 Å². The lowest BCUT2D eigenvalue weighted by molar-refractivity contribution is 0.0692. The Bertz CT molecular complexity index is 623. The zero-order chi connectivity index (χ0) is 14.9. The number of carboxylic acid groups (broad SMARTS) is 1. The third-order valence-corrected chi connectivity index (χ3v) is 5.53. The molecule has 1 aromatic rings. The average molecular weight is 298 g/mol. The van der Waals surface area contributed by atoms with Crippen LogP contribution in [0.1, 0.15) is 29.6 Å². The average Bonchev–Trinajstić information content (AvgIpc) is 2.32. The van der Waals surface area contributed by atoms with Gasteiger partial charge in [-0.2, -0.15) is 0 Å². The third kappa shape index (κ3) is 2.78. The van der Waals surface area contributed by atoms with Crippen molar-refractivity contribution in [2.24, 2.45) is 5.92 Å². The lowest BCUT2D eigenvalue weighted by atomic mass is 9.86. The molecule has 20 heavy (non-hydrogen) atoms. The Morgan fingerprint density at radius 1 is 1.45 bits per heavy atom. The second kappa shape index (κ2) is 5.41. The third-order valence-electron chi connectivity index (χ3n) is 3.66. The summed E-state index contributed by atoms with van der Waals surface area (Å²) < 4.78 is 26.2. The van der Waals surface area contributed by atoms with Gasteiger partial charge < -0.3 is 10.8 Å². The molecule has 0 heterocycles. The molecule has 1 fully saturated rings. The van der Waals surface area contributed by atoms with Gasteiger partial charge in [-0.05, 0) is 37.0 Å². The van der Waals surface area contributed by atoms with Crippen LogP contribution in [-0.4, -0.2) is 37.4 Å². The number of benzene rings is 1. The number of nitrogens with zero attached hydrogens (tertiary/aromatic N) is 1. The molecule has 0 bridgehead atoms. The maximum atomic E-state index is 12.5. The van der Waals surface area contributed by atoms with Crippen LogP contribution in [-0.2, 0) is 10.0 Å². The quantitative estimate of drug-likeness (QED) is 0.800. The summed E-state index contributed by atoms with van der Waals surface area (Å²) in [5.41, 5.74) is 5.56. The number of carbonyl (C=O) groups is 1. The molecule has 1 aliphatic carbocycles. The molecule has 7 heteroatoms. The number of nitrogens with two attached hydrogens (primary N) is 1. The molecular weight excluding hydrogens is 280 g/mol. The molecular formula is C13H18N2O4S. The van der Waals surface area contributed by atoms with Gasteiger partial charge in [0.05, 0.1) is 10.5 Å². The number of nitrogen functional groups attached to an aromatic ring is 1. The van der Waals surface area contributed by atoms with Crippen molar-refractivity contribution in [3.63, 3.8) is 0 Å². The van der Waals surface area contributed by atoms with Gasteiger partial charge in [-0.25, -0.2) is 17.5 Å². The van der Waals surface area contributed by atoms with Crippen molar-refractivity contribution in [3.05, 3.63) is 23.8 Å². The number of carboxylic acids is 1. The highest BCUT2D eigenvalue weighted by atomic mass is 32.2. The number of aromatic carboxylic acids is 1. The second-order valence-electron chi connectivity index (χ2n) is 5.14. The van der Waals surface area contributed by atoms with Crippen LogP contribution in [0, 0.1) is 5.92 Å². The second-order valence-corrected chi connectivity index (χ2v) is 7.16. The minimum atomic E-state index is -3.84. The zero-order valence-corrected chi connectivity index (χ0v) is 12.1. The SMILES string of the molecule is CN(CC1CCC1)S(=O)(=O)c1cc(N)ccc1C(=O)O. The van der Waals surface area contributed by atoms with Crippen LogP contribution < -0.4 is 5.73 Å². The van der Waals surface area contributed by atoms with E-state index >= 15 is 0 Å². The van der Waals surface area contributed by atoms with E-state index in [4.69, 9.17) is 10.8 Å². The lowest BCUT2D eigenvalue weighted by Crippen LogP contribution is -2.35. The van der Waals surface area contributed by atoms with Crippen molar-refractivity contribution in [3.8, 4) is 0 Å². The van der Waals surface area contributed by atoms with E-state index in [1.54, 1.807) is 0 Å². The van der Waals surface area contributed by atoms with Crippen LogP contribution in [0.25, 0.3) is 0 Å². The Labute approximate surface area is 118 Å². The van der Waals surface area contributed by atoms with Crippen LogP contribution in [0.4, 0.5) is 5.69 Å². The molecule has 6 nitrogen and oxygen atoms in total. The Balaban J connectivity index is 2.36. The van der Waals surface area contributed by atoms with Crippen LogP contribution in [0.2, 0.25) is 0 Å².